The fourth-order valence-corrected chi connectivity index (χ4v) is 4.12. The summed E-state index contributed by atoms with van der Waals surface area (Å²) < 4.78 is 32.9. The van der Waals surface area contributed by atoms with Gasteiger partial charge in [0.25, 0.3) is 11.8 Å². The van der Waals surface area contributed by atoms with Crippen molar-refractivity contribution in [2.24, 2.45) is 0 Å². The zero-order valence-electron chi connectivity index (χ0n) is 15.8. The summed E-state index contributed by atoms with van der Waals surface area (Å²) in [5, 5.41) is 0. The summed E-state index contributed by atoms with van der Waals surface area (Å²) in [7, 11) is 1.52. The second-order valence-corrected chi connectivity index (χ2v) is 7.47. The fraction of sp³-hybridized carbons (Fsp3) is 0.0435. The van der Waals surface area contributed by atoms with E-state index < -0.39 is 23.4 Å². The van der Waals surface area contributed by atoms with Gasteiger partial charge in [-0.15, -0.1) is 0 Å². The van der Waals surface area contributed by atoms with Gasteiger partial charge in [0.2, 0.25) is 0 Å². The highest BCUT2D eigenvalue weighted by molar-refractivity contribution is 8.04. The lowest BCUT2D eigenvalue weighted by molar-refractivity contribution is -0.119. The zero-order chi connectivity index (χ0) is 21.3. The van der Waals surface area contributed by atoms with Gasteiger partial charge in [-0.25, -0.2) is 13.7 Å². The Bertz CT molecular complexity index is 1160. The number of nitrogens with zero attached hydrogens (tertiary/aromatic N) is 1. The topological polar surface area (TPSA) is 46.6 Å². The first kappa shape index (κ1) is 19.8. The Morgan fingerprint density at radius 1 is 0.867 bits per heavy atom. The zero-order valence-corrected chi connectivity index (χ0v) is 16.6. The molecule has 3 aromatic carbocycles. The quantitative estimate of drug-likeness (QED) is 0.539. The Labute approximate surface area is 175 Å². The average Bonchev–Trinajstić information content (AvgIpc) is 2.99. The van der Waals surface area contributed by atoms with Crippen LogP contribution in [0.2, 0.25) is 0 Å². The van der Waals surface area contributed by atoms with Crippen molar-refractivity contribution in [1.82, 2.24) is 0 Å². The third-order valence-electron chi connectivity index (χ3n) is 4.53. The van der Waals surface area contributed by atoms with E-state index in [-0.39, 0.29) is 16.2 Å². The molecule has 0 aromatic heterocycles. The van der Waals surface area contributed by atoms with Crippen molar-refractivity contribution in [3.63, 3.8) is 0 Å². The van der Waals surface area contributed by atoms with Gasteiger partial charge in [-0.2, -0.15) is 0 Å². The second-order valence-electron chi connectivity index (χ2n) is 6.39. The molecule has 1 heterocycles. The molecule has 7 heteroatoms. The Hall–Kier alpha value is -3.45. The molecule has 3 aromatic rings. The van der Waals surface area contributed by atoms with Crippen LogP contribution in [0, 0.1) is 11.6 Å². The van der Waals surface area contributed by atoms with Gasteiger partial charge in [0.15, 0.2) is 0 Å². The molecule has 4 nitrogen and oxygen atoms in total. The van der Waals surface area contributed by atoms with E-state index in [1.165, 1.54) is 7.11 Å². The van der Waals surface area contributed by atoms with E-state index in [0.29, 0.717) is 17.4 Å². The standard InChI is InChI=1S/C23H15F2NO3S/c1-29-16-10-7-14(8-11-16)20-21(30-17-5-3-2-4-6-17)23(28)26(22(20)27)19-12-9-15(24)13-18(19)25/h2-13H,1H3. The molecule has 30 heavy (non-hydrogen) atoms. The number of carbonyl (C=O) groups excluding carboxylic acids is 2. The molecule has 0 N–H and O–H groups in total. The first-order valence-corrected chi connectivity index (χ1v) is 9.76. The first-order valence-electron chi connectivity index (χ1n) is 8.95. The molecule has 0 fully saturated rings. The number of thioether (sulfide) groups is 1. The number of hydrogen-bond acceptors (Lipinski definition) is 4. The van der Waals surface area contributed by atoms with Gasteiger partial charge < -0.3 is 4.74 Å². The van der Waals surface area contributed by atoms with E-state index in [9.17, 15) is 18.4 Å². The smallest absolute Gasteiger partial charge is 0.273 e. The van der Waals surface area contributed by atoms with Crippen LogP contribution in [0.5, 0.6) is 5.75 Å². The molecule has 0 bridgehead atoms. The number of methoxy groups -OCH3 is 1. The molecular weight excluding hydrogens is 408 g/mol. The Morgan fingerprint density at radius 2 is 1.57 bits per heavy atom. The predicted molar refractivity (Wildman–Crippen MR) is 111 cm³/mol. The number of halogens is 2. The largest absolute Gasteiger partial charge is 0.497 e. The Morgan fingerprint density at radius 3 is 2.20 bits per heavy atom. The summed E-state index contributed by atoms with van der Waals surface area (Å²) in [5.41, 5.74) is 0.360. The number of rotatable bonds is 5. The lowest BCUT2D eigenvalue weighted by atomic mass is 10.1. The third kappa shape index (κ3) is 3.59. The van der Waals surface area contributed by atoms with Gasteiger partial charge in [-0.1, -0.05) is 42.1 Å². The highest BCUT2D eigenvalue weighted by Crippen LogP contribution is 2.42. The van der Waals surface area contributed by atoms with Gasteiger partial charge in [-0.05, 0) is 42.0 Å². The maximum Gasteiger partial charge on any atom is 0.273 e. The lowest BCUT2D eigenvalue weighted by Crippen LogP contribution is -2.32. The molecule has 0 atom stereocenters. The van der Waals surface area contributed by atoms with E-state index in [4.69, 9.17) is 4.74 Å². The molecule has 0 unspecified atom stereocenters. The van der Waals surface area contributed by atoms with Crippen molar-refractivity contribution in [3.8, 4) is 5.75 Å². The van der Waals surface area contributed by atoms with Gasteiger partial charge >= 0.3 is 0 Å². The molecule has 1 aliphatic rings. The number of ether oxygens (including phenoxy) is 1. The average molecular weight is 423 g/mol. The summed E-state index contributed by atoms with van der Waals surface area (Å²) in [6.07, 6.45) is 0. The maximum absolute atomic E-state index is 14.4. The molecule has 0 aliphatic carbocycles. The third-order valence-corrected chi connectivity index (χ3v) is 5.62. The van der Waals surface area contributed by atoms with Crippen LogP contribution in [0.1, 0.15) is 5.56 Å². The van der Waals surface area contributed by atoms with Crippen molar-refractivity contribution in [2.45, 2.75) is 4.90 Å². The molecule has 1 aliphatic heterocycles. The van der Waals surface area contributed by atoms with Crippen LogP contribution in [-0.4, -0.2) is 18.9 Å². The SMILES string of the molecule is COc1ccc(C2=C(Sc3ccccc3)C(=O)N(c3ccc(F)cc3F)C2=O)cc1. The number of amides is 2. The number of anilines is 1. The highest BCUT2D eigenvalue weighted by atomic mass is 32.2. The molecule has 0 saturated heterocycles. The molecule has 0 spiro atoms. The molecule has 2 amide bonds. The molecule has 0 radical (unpaired) electrons. The van der Waals surface area contributed by atoms with Gasteiger partial charge in [0.1, 0.15) is 17.4 Å². The fourth-order valence-electron chi connectivity index (χ4n) is 3.10. The molecule has 0 saturated carbocycles. The van der Waals surface area contributed by atoms with Crippen LogP contribution >= 0.6 is 11.8 Å². The van der Waals surface area contributed by atoms with Crippen molar-refractivity contribution in [3.05, 3.63) is 94.9 Å². The highest BCUT2D eigenvalue weighted by Gasteiger charge is 2.41. The molecule has 150 valence electrons. The van der Waals surface area contributed by atoms with E-state index in [1.54, 1.807) is 24.3 Å². The van der Waals surface area contributed by atoms with E-state index in [1.807, 2.05) is 30.3 Å². The van der Waals surface area contributed by atoms with Crippen molar-refractivity contribution >= 4 is 34.8 Å². The summed E-state index contributed by atoms with van der Waals surface area (Å²) in [6, 6.07) is 18.5. The van der Waals surface area contributed by atoms with Crippen molar-refractivity contribution < 1.29 is 23.1 Å². The van der Waals surface area contributed by atoms with E-state index in [0.717, 1.165) is 33.7 Å². The minimum Gasteiger partial charge on any atom is -0.497 e. The minimum atomic E-state index is -0.989. The van der Waals surface area contributed by atoms with Gasteiger partial charge in [-0.3, -0.25) is 9.59 Å². The predicted octanol–water partition coefficient (Wildman–Crippen LogP) is 5.05. The monoisotopic (exact) mass is 423 g/mol. The van der Waals surface area contributed by atoms with Gasteiger partial charge in [0, 0.05) is 11.0 Å². The van der Waals surface area contributed by atoms with E-state index in [2.05, 4.69) is 0 Å². The van der Waals surface area contributed by atoms with Crippen molar-refractivity contribution in [1.29, 1.82) is 0 Å². The van der Waals surface area contributed by atoms with Crippen LogP contribution in [0.15, 0.2) is 82.6 Å². The lowest BCUT2D eigenvalue weighted by Gasteiger charge is -2.16. The van der Waals surface area contributed by atoms with Crippen LogP contribution < -0.4 is 9.64 Å². The van der Waals surface area contributed by atoms with Crippen LogP contribution in [-0.2, 0) is 9.59 Å². The Kier molecular flexibility index (Phi) is 5.37. The molecule has 4 rings (SSSR count). The minimum absolute atomic E-state index is 0.153. The normalized spacial score (nSPS) is 13.9. The summed E-state index contributed by atoms with van der Waals surface area (Å²) in [6.45, 7) is 0. The summed E-state index contributed by atoms with van der Waals surface area (Å²) in [5.74, 6) is -2.52. The maximum atomic E-state index is 14.4. The number of hydrogen-bond donors (Lipinski definition) is 0. The van der Waals surface area contributed by atoms with Crippen LogP contribution in [0.25, 0.3) is 5.57 Å². The van der Waals surface area contributed by atoms with Crippen LogP contribution in [0.4, 0.5) is 14.5 Å². The summed E-state index contributed by atoms with van der Waals surface area (Å²) in [4.78, 5) is 28.1. The van der Waals surface area contributed by atoms with Gasteiger partial charge in [0.05, 0.1) is 23.3 Å². The second kappa shape index (κ2) is 8.12. The Balaban J connectivity index is 1.83. The molecular formula is C23H15F2NO3S. The van der Waals surface area contributed by atoms with Crippen molar-refractivity contribution in [2.75, 3.05) is 12.0 Å². The van der Waals surface area contributed by atoms with Crippen LogP contribution in [0.3, 0.4) is 0 Å². The van der Waals surface area contributed by atoms with E-state index >= 15 is 0 Å². The number of carbonyl (C=O) groups is 2. The number of imide groups is 1. The first-order chi connectivity index (χ1) is 14.5. The number of benzene rings is 3. The summed E-state index contributed by atoms with van der Waals surface area (Å²) >= 11 is 1.12.